The standard InChI is InChI=1S/C14H26BrNO/c1-10(9-15)7-6-8-16-12(17)11-13(2,3)14(11,4)5/h10-11H,6-9H2,1-5H3,(H,16,17). The Labute approximate surface area is 114 Å². The number of halogens is 1. The van der Waals surface area contributed by atoms with Crippen LogP contribution in [0.5, 0.6) is 0 Å². The molecule has 1 fully saturated rings. The van der Waals surface area contributed by atoms with Crippen LogP contribution in [0.15, 0.2) is 0 Å². The van der Waals surface area contributed by atoms with E-state index in [0.717, 1.165) is 18.3 Å². The summed E-state index contributed by atoms with van der Waals surface area (Å²) in [7, 11) is 0. The van der Waals surface area contributed by atoms with Crippen molar-refractivity contribution in [1.29, 1.82) is 0 Å². The van der Waals surface area contributed by atoms with Gasteiger partial charge in [0.2, 0.25) is 5.91 Å². The Bertz CT molecular complexity index is 272. The number of alkyl halides is 1. The molecule has 1 aliphatic rings. The van der Waals surface area contributed by atoms with Crippen molar-refractivity contribution in [2.45, 2.75) is 47.5 Å². The van der Waals surface area contributed by atoms with Crippen LogP contribution in [0.3, 0.4) is 0 Å². The van der Waals surface area contributed by atoms with Gasteiger partial charge < -0.3 is 5.32 Å². The largest absolute Gasteiger partial charge is 0.356 e. The van der Waals surface area contributed by atoms with E-state index >= 15 is 0 Å². The van der Waals surface area contributed by atoms with E-state index in [1.54, 1.807) is 0 Å². The first-order chi connectivity index (χ1) is 7.75. The highest BCUT2D eigenvalue weighted by molar-refractivity contribution is 9.09. The maximum absolute atomic E-state index is 12.0. The molecule has 0 heterocycles. The minimum absolute atomic E-state index is 0.153. The predicted octanol–water partition coefficient (Wildman–Crippen LogP) is 3.60. The van der Waals surface area contributed by atoms with E-state index in [1.165, 1.54) is 6.42 Å². The van der Waals surface area contributed by atoms with Gasteiger partial charge in [-0.1, -0.05) is 50.5 Å². The Kier molecular flexibility index (Phi) is 4.67. The van der Waals surface area contributed by atoms with Gasteiger partial charge in [-0.3, -0.25) is 4.79 Å². The lowest BCUT2D eigenvalue weighted by Crippen LogP contribution is -2.28. The number of nitrogens with one attached hydrogen (secondary N) is 1. The summed E-state index contributed by atoms with van der Waals surface area (Å²) < 4.78 is 0. The topological polar surface area (TPSA) is 29.1 Å². The van der Waals surface area contributed by atoms with Crippen molar-refractivity contribution in [3.63, 3.8) is 0 Å². The Hall–Kier alpha value is -0.0500. The van der Waals surface area contributed by atoms with Crippen molar-refractivity contribution in [1.82, 2.24) is 5.32 Å². The molecule has 1 saturated carbocycles. The van der Waals surface area contributed by atoms with Gasteiger partial charge >= 0.3 is 0 Å². The van der Waals surface area contributed by atoms with Gasteiger partial charge in [0.15, 0.2) is 0 Å². The van der Waals surface area contributed by atoms with E-state index in [9.17, 15) is 4.79 Å². The van der Waals surface area contributed by atoms with Crippen LogP contribution < -0.4 is 5.32 Å². The predicted molar refractivity (Wildman–Crippen MR) is 76.3 cm³/mol. The van der Waals surface area contributed by atoms with Crippen molar-refractivity contribution < 1.29 is 4.79 Å². The highest BCUT2D eigenvalue weighted by Gasteiger charge is 2.68. The molecule has 1 atom stereocenters. The second-order valence-corrected chi connectivity index (χ2v) is 7.22. The van der Waals surface area contributed by atoms with Crippen LogP contribution in [-0.4, -0.2) is 17.8 Å². The first-order valence-electron chi connectivity index (χ1n) is 6.58. The molecule has 0 spiro atoms. The molecule has 0 bridgehead atoms. The van der Waals surface area contributed by atoms with Gasteiger partial charge in [-0.15, -0.1) is 0 Å². The maximum atomic E-state index is 12.0. The highest BCUT2D eigenvalue weighted by atomic mass is 79.9. The summed E-state index contributed by atoms with van der Waals surface area (Å²) >= 11 is 3.47. The summed E-state index contributed by atoms with van der Waals surface area (Å²) in [6, 6.07) is 0. The van der Waals surface area contributed by atoms with Crippen molar-refractivity contribution in [2.24, 2.45) is 22.7 Å². The summed E-state index contributed by atoms with van der Waals surface area (Å²) in [5, 5.41) is 4.13. The summed E-state index contributed by atoms with van der Waals surface area (Å²) in [6.45, 7) is 11.8. The van der Waals surface area contributed by atoms with Crippen LogP contribution in [-0.2, 0) is 4.79 Å². The van der Waals surface area contributed by atoms with E-state index < -0.39 is 0 Å². The molecule has 0 aromatic carbocycles. The van der Waals surface area contributed by atoms with Crippen LogP contribution >= 0.6 is 15.9 Å². The third kappa shape index (κ3) is 3.04. The van der Waals surface area contributed by atoms with Crippen LogP contribution in [0.4, 0.5) is 0 Å². The Morgan fingerprint density at radius 1 is 1.29 bits per heavy atom. The average Bonchev–Trinajstić information content (AvgIpc) is 2.64. The molecular formula is C14H26BrNO. The van der Waals surface area contributed by atoms with Gasteiger partial charge in [0, 0.05) is 17.8 Å². The summed E-state index contributed by atoms with van der Waals surface area (Å²) in [4.78, 5) is 12.0. The Morgan fingerprint density at radius 2 is 1.82 bits per heavy atom. The minimum Gasteiger partial charge on any atom is -0.356 e. The molecule has 0 aliphatic heterocycles. The Morgan fingerprint density at radius 3 is 2.24 bits per heavy atom. The number of carbonyl (C=O) groups excluding carboxylic acids is 1. The van der Waals surface area contributed by atoms with E-state index in [4.69, 9.17) is 0 Å². The van der Waals surface area contributed by atoms with Crippen molar-refractivity contribution in [3.05, 3.63) is 0 Å². The maximum Gasteiger partial charge on any atom is 0.224 e. The monoisotopic (exact) mass is 303 g/mol. The van der Waals surface area contributed by atoms with E-state index in [1.807, 2.05) is 0 Å². The molecule has 0 aromatic heterocycles. The first kappa shape index (κ1) is 15.0. The molecular weight excluding hydrogens is 278 g/mol. The lowest BCUT2D eigenvalue weighted by atomic mass is 10.0. The lowest BCUT2D eigenvalue weighted by Gasteiger charge is -2.09. The fraction of sp³-hybridized carbons (Fsp3) is 0.929. The molecule has 0 radical (unpaired) electrons. The van der Waals surface area contributed by atoms with Crippen LogP contribution in [0.25, 0.3) is 0 Å². The summed E-state index contributed by atoms with van der Waals surface area (Å²) in [5.74, 6) is 1.12. The van der Waals surface area contributed by atoms with E-state index in [2.05, 4.69) is 55.9 Å². The molecule has 0 saturated heterocycles. The number of amides is 1. The Balaban J connectivity index is 2.24. The molecule has 1 unspecified atom stereocenters. The fourth-order valence-electron chi connectivity index (χ4n) is 2.69. The average molecular weight is 304 g/mol. The summed E-state index contributed by atoms with van der Waals surface area (Å²) in [5.41, 5.74) is 0.306. The number of carbonyl (C=O) groups is 1. The van der Waals surface area contributed by atoms with Crippen LogP contribution in [0, 0.1) is 22.7 Å². The molecule has 100 valence electrons. The van der Waals surface area contributed by atoms with Crippen LogP contribution in [0.2, 0.25) is 0 Å². The van der Waals surface area contributed by atoms with Crippen molar-refractivity contribution in [3.8, 4) is 0 Å². The fourth-order valence-corrected chi connectivity index (χ4v) is 3.02. The van der Waals surface area contributed by atoms with Gasteiger partial charge in [0.05, 0.1) is 0 Å². The molecule has 1 N–H and O–H groups in total. The number of hydrogen-bond acceptors (Lipinski definition) is 1. The van der Waals surface area contributed by atoms with Gasteiger partial charge in [0.1, 0.15) is 0 Å². The third-order valence-corrected chi connectivity index (χ3v) is 5.82. The van der Waals surface area contributed by atoms with Crippen LogP contribution in [0.1, 0.15) is 47.5 Å². The smallest absolute Gasteiger partial charge is 0.224 e. The second kappa shape index (κ2) is 5.29. The highest BCUT2D eigenvalue weighted by Crippen LogP contribution is 2.68. The molecule has 3 heteroatoms. The summed E-state index contributed by atoms with van der Waals surface area (Å²) in [6.07, 6.45) is 2.25. The molecule has 17 heavy (non-hydrogen) atoms. The first-order valence-corrected chi connectivity index (χ1v) is 7.71. The number of rotatable bonds is 6. The van der Waals surface area contributed by atoms with Gasteiger partial charge in [0.25, 0.3) is 0 Å². The van der Waals surface area contributed by atoms with E-state index in [-0.39, 0.29) is 22.7 Å². The molecule has 1 aliphatic carbocycles. The molecule has 1 rings (SSSR count). The van der Waals surface area contributed by atoms with Crippen molar-refractivity contribution >= 4 is 21.8 Å². The second-order valence-electron chi connectivity index (χ2n) is 6.57. The number of hydrogen-bond donors (Lipinski definition) is 1. The SMILES string of the molecule is CC(CBr)CCCNC(=O)C1C(C)(C)C1(C)C. The van der Waals surface area contributed by atoms with Gasteiger partial charge in [-0.25, -0.2) is 0 Å². The zero-order chi connectivity index (χ0) is 13.3. The minimum atomic E-state index is 0.153. The zero-order valence-electron chi connectivity index (χ0n) is 11.8. The molecule has 1 amide bonds. The quantitative estimate of drug-likeness (QED) is 0.589. The van der Waals surface area contributed by atoms with Gasteiger partial charge in [-0.2, -0.15) is 0 Å². The molecule has 2 nitrogen and oxygen atoms in total. The van der Waals surface area contributed by atoms with Crippen molar-refractivity contribution in [2.75, 3.05) is 11.9 Å². The zero-order valence-corrected chi connectivity index (χ0v) is 13.4. The molecule has 0 aromatic rings. The van der Waals surface area contributed by atoms with E-state index in [0.29, 0.717) is 5.92 Å². The normalized spacial score (nSPS) is 23.2. The lowest BCUT2D eigenvalue weighted by molar-refractivity contribution is -0.123. The third-order valence-electron chi connectivity index (χ3n) is 4.72. The van der Waals surface area contributed by atoms with Gasteiger partial charge in [-0.05, 0) is 29.6 Å².